The first-order chi connectivity index (χ1) is 9.63. The Morgan fingerprint density at radius 3 is 2.10 bits per heavy atom. The Balaban J connectivity index is 1.55. The van der Waals surface area contributed by atoms with Crippen molar-refractivity contribution in [3.8, 4) is 0 Å². The van der Waals surface area contributed by atoms with Gasteiger partial charge in [0.2, 0.25) is 5.91 Å². The van der Waals surface area contributed by atoms with Crippen molar-refractivity contribution in [2.75, 3.05) is 6.54 Å². The molecular weight excluding hydrogens is 254 g/mol. The molecule has 1 aliphatic heterocycles. The minimum Gasteiger partial charge on any atom is -0.480 e. The van der Waals surface area contributed by atoms with E-state index in [0.29, 0.717) is 24.8 Å². The van der Waals surface area contributed by atoms with Crippen molar-refractivity contribution in [3.63, 3.8) is 0 Å². The van der Waals surface area contributed by atoms with E-state index in [9.17, 15) is 14.7 Å². The molecule has 4 nitrogen and oxygen atoms in total. The number of hydrogen-bond acceptors (Lipinski definition) is 2. The van der Waals surface area contributed by atoms with E-state index < -0.39 is 12.0 Å². The SMILES string of the molecule is O=C(O)[C@H]1CCCN1C(=O)C1C2CC3CC(C2)CC1C3. The zero-order valence-corrected chi connectivity index (χ0v) is 11.8. The van der Waals surface area contributed by atoms with Gasteiger partial charge in [0.1, 0.15) is 6.04 Å². The van der Waals surface area contributed by atoms with Gasteiger partial charge in [-0.15, -0.1) is 0 Å². The highest BCUT2D eigenvalue weighted by Gasteiger charge is 2.52. The molecule has 0 aromatic heterocycles. The van der Waals surface area contributed by atoms with Gasteiger partial charge in [0.05, 0.1) is 0 Å². The summed E-state index contributed by atoms with van der Waals surface area (Å²) in [7, 11) is 0. The lowest BCUT2D eigenvalue weighted by Gasteiger charge is -2.54. The van der Waals surface area contributed by atoms with Crippen molar-refractivity contribution >= 4 is 11.9 Å². The Hall–Kier alpha value is -1.06. The van der Waals surface area contributed by atoms with Crippen LogP contribution in [0.1, 0.15) is 44.9 Å². The summed E-state index contributed by atoms with van der Waals surface area (Å²) in [5, 5.41) is 9.29. The van der Waals surface area contributed by atoms with Crippen LogP contribution in [0.4, 0.5) is 0 Å². The highest BCUT2D eigenvalue weighted by molar-refractivity contribution is 5.86. The van der Waals surface area contributed by atoms with Crippen LogP contribution in [0, 0.1) is 29.6 Å². The van der Waals surface area contributed by atoms with Crippen LogP contribution in [0.25, 0.3) is 0 Å². The average molecular weight is 277 g/mol. The number of carbonyl (C=O) groups excluding carboxylic acids is 1. The predicted molar refractivity (Wildman–Crippen MR) is 72.9 cm³/mol. The van der Waals surface area contributed by atoms with Crippen molar-refractivity contribution in [2.45, 2.75) is 51.0 Å². The fraction of sp³-hybridized carbons (Fsp3) is 0.875. The third-order valence-electron chi connectivity index (χ3n) is 6.33. The number of carbonyl (C=O) groups is 2. The van der Waals surface area contributed by atoms with E-state index in [1.807, 2.05) is 0 Å². The number of likely N-dealkylation sites (tertiary alicyclic amines) is 1. The molecule has 0 spiro atoms. The monoisotopic (exact) mass is 277 g/mol. The van der Waals surface area contributed by atoms with E-state index in [-0.39, 0.29) is 11.8 Å². The fourth-order valence-electron chi connectivity index (χ4n) is 5.81. The second-order valence-electron chi connectivity index (χ2n) is 7.48. The number of hydrogen-bond donors (Lipinski definition) is 1. The number of rotatable bonds is 2. The van der Waals surface area contributed by atoms with Crippen LogP contribution < -0.4 is 0 Å². The van der Waals surface area contributed by atoms with Crippen LogP contribution in [-0.4, -0.2) is 34.5 Å². The summed E-state index contributed by atoms with van der Waals surface area (Å²) in [6, 6.07) is -0.556. The van der Waals surface area contributed by atoms with Crippen LogP contribution in [-0.2, 0) is 9.59 Å². The molecule has 1 heterocycles. The highest BCUT2D eigenvalue weighted by atomic mass is 16.4. The molecule has 110 valence electrons. The molecule has 1 amide bonds. The minimum atomic E-state index is -0.820. The first-order valence-electron chi connectivity index (χ1n) is 8.16. The van der Waals surface area contributed by atoms with Gasteiger partial charge in [0, 0.05) is 12.5 Å². The average Bonchev–Trinajstić information content (AvgIpc) is 2.86. The topological polar surface area (TPSA) is 57.6 Å². The second kappa shape index (κ2) is 4.47. The normalized spacial score (nSPS) is 45.9. The van der Waals surface area contributed by atoms with Crippen molar-refractivity contribution in [3.05, 3.63) is 0 Å². The standard InChI is InChI=1S/C16H23NO3/c18-15(17-3-1-2-13(17)16(19)20)14-11-5-9-4-10(7-11)8-12(14)6-9/h9-14H,1-8H2,(H,19,20)/t9?,10?,11?,12?,13-,14?/m1/s1. The maximum atomic E-state index is 12.9. The van der Waals surface area contributed by atoms with Gasteiger partial charge < -0.3 is 10.0 Å². The van der Waals surface area contributed by atoms with Crippen molar-refractivity contribution in [1.29, 1.82) is 0 Å². The molecular formula is C16H23NO3. The number of aliphatic carboxylic acids is 1. The summed E-state index contributed by atoms with van der Waals surface area (Å²) in [6.07, 6.45) is 7.73. The summed E-state index contributed by atoms with van der Waals surface area (Å²) in [5.41, 5.74) is 0. The minimum absolute atomic E-state index is 0.141. The molecule has 0 unspecified atom stereocenters. The predicted octanol–water partition coefficient (Wildman–Crippen LogP) is 2.13. The molecule has 0 radical (unpaired) electrons. The molecule has 4 bridgehead atoms. The van der Waals surface area contributed by atoms with Gasteiger partial charge >= 0.3 is 5.97 Å². The summed E-state index contributed by atoms with van der Waals surface area (Å²) in [4.78, 5) is 25.9. The van der Waals surface area contributed by atoms with E-state index >= 15 is 0 Å². The molecule has 1 saturated heterocycles. The van der Waals surface area contributed by atoms with Gasteiger partial charge in [-0.1, -0.05) is 0 Å². The van der Waals surface area contributed by atoms with Crippen LogP contribution in [0.5, 0.6) is 0 Å². The van der Waals surface area contributed by atoms with Crippen LogP contribution in [0.15, 0.2) is 0 Å². The van der Waals surface area contributed by atoms with Crippen molar-refractivity contribution in [1.82, 2.24) is 4.90 Å². The van der Waals surface area contributed by atoms with Gasteiger partial charge in [-0.25, -0.2) is 4.79 Å². The quantitative estimate of drug-likeness (QED) is 0.841. The number of amides is 1. The van der Waals surface area contributed by atoms with E-state index in [2.05, 4.69) is 0 Å². The van der Waals surface area contributed by atoms with Gasteiger partial charge in [-0.2, -0.15) is 0 Å². The Bertz CT molecular complexity index is 419. The van der Waals surface area contributed by atoms with Crippen LogP contribution in [0.2, 0.25) is 0 Å². The highest BCUT2D eigenvalue weighted by Crippen LogP contribution is 2.57. The Morgan fingerprint density at radius 1 is 0.950 bits per heavy atom. The smallest absolute Gasteiger partial charge is 0.326 e. The molecule has 5 aliphatic rings. The van der Waals surface area contributed by atoms with E-state index in [0.717, 1.165) is 18.3 Å². The Labute approximate surface area is 119 Å². The van der Waals surface area contributed by atoms with Crippen LogP contribution in [0.3, 0.4) is 0 Å². The molecule has 0 aromatic rings. The first-order valence-corrected chi connectivity index (χ1v) is 8.16. The third kappa shape index (κ3) is 1.80. The van der Waals surface area contributed by atoms with E-state index in [1.165, 1.54) is 32.1 Å². The van der Waals surface area contributed by atoms with Crippen molar-refractivity contribution in [2.24, 2.45) is 29.6 Å². The molecule has 1 atom stereocenters. The van der Waals surface area contributed by atoms with Gasteiger partial charge in [-0.3, -0.25) is 4.79 Å². The Kier molecular flexibility index (Phi) is 2.83. The number of nitrogens with zero attached hydrogens (tertiary/aromatic N) is 1. The number of carboxylic acids is 1. The summed E-state index contributed by atoms with van der Waals surface area (Å²) < 4.78 is 0. The fourth-order valence-corrected chi connectivity index (χ4v) is 5.81. The van der Waals surface area contributed by atoms with E-state index in [1.54, 1.807) is 4.90 Å². The molecule has 5 fully saturated rings. The summed E-state index contributed by atoms with van der Waals surface area (Å²) in [6.45, 7) is 0.651. The second-order valence-corrected chi connectivity index (χ2v) is 7.48. The number of carboxylic acid groups (broad SMARTS) is 1. The third-order valence-corrected chi connectivity index (χ3v) is 6.33. The Morgan fingerprint density at radius 2 is 1.55 bits per heavy atom. The lowest BCUT2D eigenvalue weighted by molar-refractivity contribution is -0.157. The maximum Gasteiger partial charge on any atom is 0.326 e. The first kappa shape index (κ1) is 12.7. The van der Waals surface area contributed by atoms with Gasteiger partial charge in [0.15, 0.2) is 0 Å². The van der Waals surface area contributed by atoms with Crippen LogP contribution >= 0.6 is 0 Å². The molecule has 20 heavy (non-hydrogen) atoms. The molecule has 4 heteroatoms. The van der Waals surface area contributed by atoms with E-state index in [4.69, 9.17) is 0 Å². The molecule has 4 aliphatic carbocycles. The molecule has 1 N–H and O–H groups in total. The zero-order valence-electron chi connectivity index (χ0n) is 11.8. The van der Waals surface area contributed by atoms with Gasteiger partial charge in [-0.05, 0) is 68.6 Å². The lowest BCUT2D eigenvalue weighted by atomic mass is 9.51. The summed E-state index contributed by atoms with van der Waals surface area (Å²) >= 11 is 0. The zero-order chi connectivity index (χ0) is 13.9. The molecule has 5 rings (SSSR count). The molecule has 4 saturated carbocycles. The largest absolute Gasteiger partial charge is 0.480 e. The summed E-state index contributed by atoms with van der Waals surface area (Å²) in [5.74, 6) is 2.31. The lowest BCUT2D eigenvalue weighted by Crippen LogP contribution is -2.53. The van der Waals surface area contributed by atoms with Crippen molar-refractivity contribution < 1.29 is 14.7 Å². The maximum absolute atomic E-state index is 12.9. The molecule has 0 aromatic carbocycles. The van der Waals surface area contributed by atoms with Gasteiger partial charge in [0.25, 0.3) is 0 Å².